The lowest BCUT2D eigenvalue weighted by Gasteiger charge is -2.25. The highest BCUT2D eigenvalue weighted by atomic mass is 16.5. The molecule has 4 rings (SSSR count). The number of carbonyl (C=O) groups is 5. The van der Waals surface area contributed by atoms with Gasteiger partial charge in [-0.3, -0.25) is 14.4 Å². The number of hydrogen-bond donors (Lipinski definition) is 3. The molecule has 1 unspecified atom stereocenters. The van der Waals surface area contributed by atoms with E-state index in [-0.39, 0.29) is 22.4 Å². The lowest BCUT2D eigenvalue weighted by Crippen LogP contribution is -2.24. The van der Waals surface area contributed by atoms with Crippen LogP contribution < -0.4 is 16.8 Å². The van der Waals surface area contributed by atoms with Crippen molar-refractivity contribution in [1.82, 2.24) is 0 Å². The minimum atomic E-state index is -0.814. The Morgan fingerprint density at radius 3 is 2.19 bits per heavy atom. The molecule has 182 valence electrons. The second kappa shape index (κ2) is 10.1. The van der Waals surface area contributed by atoms with Crippen LogP contribution in [-0.4, -0.2) is 36.3 Å². The summed E-state index contributed by atoms with van der Waals surface area (Å²) in [7, 11) is 0. The molecule has 0 spiro atoms. The van der Waals surface area contributed by atoms with Crippen LogP contribution >= 0.6 is 0 Å². The molecule has 5 N–H and O–H groups in total. The first-order valence-corrected chi connectivity index (χ1v) is 10.8. The number of cyclic esters (lactones) is 1. The quantitative estimate of drug-likeness (QED) is 0.429. The van der Waals surface area contributed by atoms with E-state index in [4.69, 9.17) is 20.9 Å². The fourth-order valence-corrected chi connectivity index (χ4v) is 3.77. The fraction of sp³-hybridized carbons (Fsp3) is 0.115. The average molecular weight is 487 g/mol. The molecule has 0 bridgehead atoms. The maximum Gasteiger partial charge on any atom is 0.339 e. The Morgan fingerprint density at radius 1 is 0.889 bits per heavy atom. The van der Waals surface area contributed by atoms with Gasteiger partial charge in [-0.25, -0.2) is 9.59 Å². The van der Waals surface area contributed by atoms with Crippen molar-refractivity contribution >= 4 is 35.3 Å². The number of rotatable bonds is 7. The molecule has 1 aliphatic heterocycles. The summed E-state index contributed by atoms with van der Waals surface area (Å²) in [5.74, 6) is -3.60. The SMILES string of the molecule is NC(=O)c1cc(NC(=O)COC(=O)c2ccc3c(c2)CC(c2ccccc2)OC3=O)cc(C(N)=O)c1. The predicted molar refractivity (Wildman–Crippen MR) is 127 cm³/mol. The third-order valence-electron chi connectivity index (χ3n) is 5.51. The Hall–Kier alpha value is -4.99. The van der Waals surface area contributed by atoms with Crippen LogP contribution in [0.1, 0.15) is 58.7 Å². The van der Waals surface area contributed by atoms with Crippen molar-refractivity contribution in [3.63, 3.8) is 0 Å². The monoisotopic (exact) mass is 487 g/mol. The molecule has 10 heteroatoms. The summed E-state index contributed by atoms with van der Waals surface area (Å²) in [6, 6.07) is 17.4. The zero-order chi connectivity index (χ0) is 25.8. The van der Waals surface area contributed by atoms with Crippen LogP contribution in [0.4, 0.5) is 5.69 Å². The third kappa shape index (κ3) is 5.39. The van der Waals surface area contributed by atoms with Crippen LogP contribution in [0.5, 0.6) is 0 Å². The van der Waals surface area contributed by atoms with Gasteiger partial charge < -0.3 is 26.3 Å². The number of carbonyl (C=O) groups excluding carboxylic acids is 5. The van der Waals surface area contributed by atoms with Gasteiger partial charge in [-0.05, 0) is 47.5 Å². The molecule has 3 aromatic rings. The van der Waals surface area contributed by atoms with Gasteiger partial charge in [0.25, 0.3) is 5.91 Å². The number of fused-ring (bicyclic) bond motifs is 1. The van der Waals surface area contributed by atoms with E-state index in [1.807, 2.05) is 30.3 Å². The van der Waals surface area contributed by atoms with Gasteiger partial charge in [0.15, 0.2) is 6.61 Å². The number of amides is 3. The molecule has 3 aromatic carbocycles. The zero-order valence-corrected chi connectivity index (χ0v) is 18.9. The van der Waals surface area contributed by atoms with Crippen LogP contribution in [0.3, 0.4) is 0 Å². The van der Waals surface area contributed by atoms with Crippen LogP contribution in [-0.2, 0) is 20.7 Å². The van der Waals surface area contributed by atoms with Crippen LogP contribution in [0.2, 0.25) is 0 Å². The first-order chi connectivity index (χ1) is 17.2. The van der Waals surface area contributed by atoms with E-state index in [1.54, 1.807) is 6.07 Å². The van der Waals surface area contributed by atoms with E-state index in [0.717, 1.165) is 5.56 Å². The number of primary amides is 2. The highest BCUT2D eigenvalue weighted by Gasteiger charge is 2.28. The molecule has 0 radical (unpaired) electrons. The number of hydrogen-bond acceptors (Lipinski definition) is 7. The van der Waals surface area contributed by atoms with Gasteiger partial charge in [-0.1, -0.05) is 30.3 Å². The smallest absolute Gasteiger partial charge is 0.339 e. The van der Waals surface area contributed by atoms with Crippen molar-refractivity contribution in [2.24, 2.45) is 11.5 Å². The summed E-state index contributed by atoms with van der Waals surface area (Å²) in [6.07, 6.45) is -0.102. The van der Waals surface area contributed by atoms with Gasteiger partial charge in [0, 0.05) is 23.2 Å². The van der Waals surface area contributed by atoms with E-state index in [0.29, 0.717) is 17.5 Å². The largest absolute Gasteiger partial charge is 0.454 e. The zero-order valence-electron chi connectivity index (χ0n) is 18.9. The topological polar surface area (TPSA) is 168 Å². The molecule has 0 aliphatic carbocycles. The van der Waals surface area contributed by atoms with Gasteiger partial charge >= 0.3 is 11.9 Å². The molecule has 3 amide bonds. The Labute approximate surface area is 205 Å². The molecular formula is C26H21N3O7. The van der Waals surface area contributed by atoms with Crippen molar-refractivity contribution in [1.29, 1.82) is 0 Å². The lowest BCUT2D eigenvalue weighted by molar-refractivity contribution is -0.119. The maximum atomic E-state index is 12.6. The normalized spacial score (nSPS) is 14.2. The van der Waals surface area contributed by atoms with Crippen molar-refractivity contribution in [3.05, 3.63) is 100 Å². The molecular weight excluding hydrogens is 466 g/mol. The lowest BCUT2D eigenvalue weighted by atomic mass is 9.93. The maximum absolute atomic E-state index is 12.6. The highest BCUT2D eigenvalue weighted by Crippen LogP contribution is 2.31. The summed E-state index contributed by atoms with van der Waals surface area (Å²) >= 11 is 0. The summed E-state index contributed by atoms with van der Waals surface area (Å²) in [4.78, 5) is 60.2. The summed E-state index contributed by atoms with van der Waals surface area (Å²) < 4.78 is 10.6. The molecule has 1 heterocycles. The number of ether oxygens (including phenoxy) is 2. The molecule has 0 fully saturated rings. The van der Waals surface area contributed by atoms with Crippen molar-refractivity contribution in [2.45, 2.75) is 12.5 Å². The second-order valence-corrected chi connectivity index (χ2v) is 8.03. The van der Waals surface area contributed by atoms with Crippen molar-refractivity contribution < 1.29 is 33.4 Å². The van der Waals surface area contributed by atoms with E-state index >= 15 is 0 Å². The Kier molecular flexibility index (Phi) is 6.77. The van der Waals surface area contributed by atoms with Gasteiger partial charge in [0.05, 0.1) is 11.1 Å². The summed E-state index contributed by atoms with van der Waals surface area (Å²) in [5.41, 5.74) is 12.5. The molecule has 0 saturated heterocycles. The van der Waals surface area contributed by atoms with E-state index in [1.165, 1.54) is 30.3 Å². The van der Waals surface area contributed by atoms with Crippen LogP contribution in [0, 0.1) is 0 Å². The highest BCUT2D eigenvalue weighted by molar-refractivity contribution is 6.02. The Bertz CT molecular complexity index is 1350. The molecule has 36 heavy (non-hydrogen) atoms. The van der Waals surface area contributed by atoms with Crippen LogP contribution in [0.25, 0.3) is 0 Å². The minimum Gasteiger partial charge on any atom is -0.454 e. The summed E-state index contributed by atoms with van der Waals surface area (Å²) in [6.45, 7) is -0.642. The average Bonchev–Trinajstić information content (AvgIpc) is 2.87. The minimum absolute atomic E-state index is 0.0278. The molecule has 0 saturated carbocycles. The van der Waals surface area contributed by atoms with E-state index in [2.05, 4.69) is 5.32 Å². The number of nitrogens with two attached hydrogens (primary N) is 2. The number of nitrogens with one attached hydrogen (secondary N) is 1. The third-order valence-corrected chi connectivity index (χ3v) is 5.51. The second-order valence-electron chi connectivity index (χ2n) is 8.03. The van der Waals surface area contributed by atoms with Crippen molar-refractivity contribution in [3.8, 4) is 0 Å². The van der Waals surface area contributed by atoms with Gasteiger partial charge in [0.2, 0.25) is 11.8 Å². The summed E-state index contributed by atoms with van der Waals surface area (Å²) in [5, 5.41) is 2.43. The molecule has 1 atom stereocenters. The van der Waals surface area contributed by atoms with E-state index in [9.17, 15) is 24.0 Å². The molecule has 10 nitrogen and oxygen atoms in total. The standard InChI is InChI=1S/C26H21N3O7/c27-23(31)17-9-18(24(28)32)11-19(10-17)29-22(30)13-35-25(33)15-6-7-20-16(8-15)12-21(36-26(20)34)14-4-2-1-3-5-14/h1-11,21H,12-13H2,(H2,27,31)(H2,28,32)(H,29,30). The first kappa shape index (κ1) is 24.1. The van der Waals surface area contributed by atoms with Gasteiger partial charge in [-0.15, -0.1) is 0 Å². The Balaban J connectivity index is 1.42. The number of anilines is 1. The molecule has 0 aromatic heterocycles. The number of esters is 2. The van der Waals surface area contributed by atoms with Crippen LogP contribution in [0.15, 0.2) is 66.7 Å². The number of benzene rings is 3. The Morgan fingerprint density at radius 2 is 1.56 bits per heavy atom. The predicted octanol–water partition coefficient (Wildman–Crippen LogP) is 2.13. The first-order valence-electron chi connectivity index (χ1n) is 10.8. The van der Waals surface area contributed by atoms with Crippen molar-refractivity contribution in [2.75, 3.05) is 11.9 Å². The van der Waals surface area contributed by atoms with Gasteiger partial charge in [-0.2, -0.15) is 0 Å². The molecule has 1 aliphatic rings. The van der Waals surface area contributed by atoms with Gasteiger partial charge in [0.1, 0.15) is 6.10 Å². The fourth-order valence-electron chi connectivity index (χ4n) is 3.77. The van der Waals surface area contributed by atoms with E-state index < -0.39 is 42.4 Å².